The van der Waals surface area contributed by atoms with Gasteiger partial charge in [0.25, 0.3) is 5.91 Å². The van der Waals surface area contributed by atoms with Crippen LogP contribution in [0.2, 0.25) is 0 Å². The van der Waals surface area contributed by atoms with Crippen LogP contribution < -0.4 is 11.1 Å². The highest BCUT2D eigenvalue weighted by Crippen LogP contribution is 2.24. The van der Waals surface area contributed by atoms with E-state index in [-0.39, 0.29) is 11.4 Å². The summed E-state index contributed by atoms with van der Waals surface area (Å²) in [7, 11) is 1.66. The number of nitrogens with zero attached hydrogens (tertiary/aromatic N) is 2. The third-order valence-electron chi connectivity index (χ3n) is 2.59. The minimum atomic E-state index is -0.470. The van der Waals surface area contributed by atoms with E-state index in [1.807, 2.05) is 0 Å². The van der Waals surface area contributed by atoms with E-state index in [4.69, 9.17) is 5.73 Å². The number of nitrogen functional groups attached to an aromatic ring is 1. The maximum absolute atomic E-state index is 13.5. The van der Waals surface area contributed by atoms with Crippen LogP contribution in [0, 0.1) is 12.7 Å². The predicted molar refractivity (Wildman–Crippen MR) is 74.4 cm³/mol. The average molecular weight is 327 g/mol. The molecule has 2 rings (SSSR count). The van der Waals surface area contributed by atoms with Gasteiger partial charge in [-0.25, -0.2) is 4.39 Å². The van der Waals surface area contributed by atoms with Crippen molar-refractivity contribution in [1.29, 1.82) is 0 Å². The van der Waals surface area contributed by atoms with Crippen LogP contribution in [0.3, 0.4) is 0 Å². The number of nitrogens with one attached hydrogen (secondary N) is 1. The second-order valence-electron chi connectivity index (χ2n) is 4.14. The zero-order valence-corrected chi connectivity index (χ0v) is 12.0. The SMILES string of the molecule is Cc1cc(Br)c(F)cc1NC(=O)c1nn(C)cc1N. The fourth-order valence-corrected chi connectivity index (χ4v) is 2.10. The molecule has 0 fully saturated rings. The Hall–Kier alpha value is -1.89. The van der Waals surface area contributed by atoms with Crippen LogP contribution >= 0.6 is 15.9 Å². The lowest BCUT2D eigenvalue weighted by atomic mass is 10.2. The molecule has 0 aliphatic carbocycles. The lowest BCUT2D eigenvalue weighted by molar-refractivity contribution is 0.102. The Morgan fingerprint density at radius 3 is 2.79 bits per heavy atom. The van der Waals surface area contributed by atoms with Gasteiger partial charge in [-0.05, 0) is 40.5 Å². The van der Waals surface area contributed by atoms with Gasteiger partial charge in [0.05, 0.1) is 10.2 Å². The number of aromatic nitrogens is 2. The Labute approximate surface area is 117 Å². The van der Waals surface area contributed by atoms with Crippen molar-refractivity contribution in [3.8, 4) is 0 Å². The molecule has 0 aliphatic rings. The van der Waals surface area contributed by atoms with Crippen LogP contribution in [0.1, 0.15) is 16.1 Å². The molecular formula is C12H12BrFN4O. The zero-order valence-electron chi connectivity index (χ0n) is 10.4. The molecule has 2 aromatic rings. The van der Waals surface area contributed by atoms with Crippen molar-refractivity contribution in [2.24, 2.45) is 7.05 Å². The molecule has 0 spiro atoms. The van der Waals surface area contributed by atoms with Crippen molar-refractivity contribution in [2.75, 3.05) is 11.1 Å². The number of rotatable bonds is 2. The standard InChI is InChI=1S/C12H12BrFN4O/c1-6-3-7(13)8(14)4-10(6)16-12(19)11-9(15)5-18(2)17-11/h3-5H,15H2,1-2H3,(H,16,19). The van der Waals surface area contributed by atoms with Crippen LogP contribution in [-0.2, 0) is 7.05 Å². The number of hydrogen-bond acceptors (Lipinski definition) is 3. The van der Waals surface area contributed by atoms with E-state index in [1.54, 1.807) is 20.0 Å². The summed E-state index contributed by atoms with van der Waals surface area (Å²) < 4.78 is 15.2. The summed E-state index contributed by atoms with van der Waals surface area (Å²) in [6.07, 6.45) is 1.53. The van der Waals surface area contributed by atoms with Crippen LogP contribution in [0.4, 0.5) is 15.8 Å². The van der Waals surface area contributed by atoms with Crippen LogP contribution in [-0.4, -0.2) is 15.7 Å². The summed E-state index contributed by atoms with van der Waals surface area (Å²) in [5.41, 5.74) is 7.17. The molecule has 7 heteroatoms. The molecule has 0 unspecified atom stereocenters. The van der Waals surface area contributed by atoms with Gasteiger partial charge in [-0.3, -0.25) is 9.48 Å². The van der Waals surface area contributed by atoms with Gasteiger partial charge >= 0.3 is 0 Å². The van der Waals surface area contributed by atoms with Crippen LogP contribution in [0.25, 0.3) is 0 Å². The van der Waals surface area contributed by atoms with E-state index < -0.39 is 11.7 Å². The Kier molecular flexibility index (Phi) is 3.57. The molecule has 1 aromatic carbocycles. The summed E-state index contributed by atoms with van der Waals surface area (Å²) in [5.74, 6) is -0.919. The van der Waals surface area contributed by atoms with Crippen molar-refractivity contribution in [3.63, 3.8) is 0 Å². The normalized spacial score (nSPS) is 10.5. The summed E-state index contributed by atoms with van der Waals surface area (Å²) in [4.78, 5) is 12.0. The zero-order chi connectivity index (χ0) is 14.2. The van der Waals surface area contributed by atoms with E-state index in [9.17, 15) is 9.18 Å². The molecule has 1 aromatic heterocycles. The first kappa shape index (κ1) is 13.5. The molecule has 1 amide bonds. The molecule has 0 saturated heterocycles. The molecule has 3 N–H and O–H groups in total. The highest BCUT2D eigenvalue weighted by atomic mass is 79.9. The number of halogens is 2. The van der Waals surface area contributed by atoms with Gasteiger partial charge in [-0.2, -0.15) is 5.10 Å². The second-order valence-corrected chi connectivity index (χ2v) is 5.00. The highest BCUT2D eigenvalue weighted by molar-refractivity contribution is 9.10. The molecule has 100 valence electrons. The molecule has 1 heterocycles. The Morgan fingerprint density at radius 2 is 2.21 bits per heavy atom. The monoisotopic (exact) mass is 326 g/mol. The highest BCUT2D eigenvalue weighted by Gasteiger charge is 2.16. The first-order chi connectivity index (χ1) is 8.88. The number of benzene rings is 1. The third-order valence-corrected chi connectivity index (χ3v) is 3.20. The summed E-state index contributed by atoms with van der Waals surface area (Å²) >= 11 is 3.08. The van der Waals surface area contributed by atoms with Crippen molar-refractivity contribution in [3.05, 3.63) is 39.9 Å². The number of nitrogens with two attached hydrogens (primary N) is 1. The van der Waals surface area contributed by atoms with Crippen molar-refractivity contribution < 1.29 is 9.18 Å². The summed E-state index contributed by atoms with van der Waals surface area (Å²) in [6, 6.07) is 2.84. The van der Waals surface area contributed by atoms with Crippen molar-refractivity contribution in [2.45, 2.75) is 6.92 Å². The average Bonchev–Trinajstić information content (AvgIpc) is 2.65. The largest absolute Gasteiger partial charge is 0.396 e. The van der Waals surface area contributed by atoms with Gasteiger partial charge < -0.3 is 11.1 Å². The third kappa shape index (κ3) is 2.76. The van der Waals surface area contributed by atoms with Crippen molar-refractivity contribution in [1.82, 2.24) is 9.78 Å². The lowest BCUT2D eigenvalue weighted by Crippen LogP contribution is -2.15. The molecule has 0 aliphatic heterocycles. The maximum atomic E-state index is 13.5. The molecule has 5 nitrogen and oxygen atoms in total. The number of hydrogen-bond donors (Lipinski definition) is 2. The van der Waals surface area contributed by atoms with E-state index >= 15 is 0 Å². The second kappa shape index (κ2) is 5.00. The maximum Gasteiger partial charge on any atom is 0.278 e. The van der Waals surface area contributed by atoms with Gasteiger partial charge in [0.15, 0.2) is 5.69 Å². The molecule has 0 atom stereocenters. The minimum absolute atomic E-state index is 0.116. The van der Waals surface area contributed by atoms with Crippen LogP contribution in [0.5, 0.6) is 0 Å². The van der Waals surface area contributed by atoms with Gasteiger partial charge in [-0.15, -0.1) is 0 Å². The predicted octanol–water partition coefficient (Wildman–Crippen LogP) is 2.46. The minimum Gasteiger partial charge on any atom is -0.396 e. The Balaban J connectivity index is 2.29. The van der Waals surface area contributed by atoms with Gasteiger partial charge in [0.2, 0.25) is 0 Å². The van der Waals surface area contributed by atoms with Gasteiger partial charge in [0, 0.05) is 18.9 Å². The first-order valence-electron chi connectivity index (χ1n) is 5.44. The molecule has 0 saturated carbocycles. The quantitative estimate of drug-likeness (QED) is 0.890. The first-order valence-corrected chi connectivity index (χ1v) is 6.24. The lowest BCUT2D eigenvalue weighted by Gasteiger charge is -2.08. The fraction of sp³-hybridized carbons (Fsp3) is 0.167. The summed E-state index contributed by atoms with van der Waals surface area (Å²) in [5, 5.41) is 6.55. The number of carbonyl (C=O) groups excluding carboxylic acids is 1. The topological polar surface area (TPSA) is 72.9 Å². The summed E-state index contributed by atoms with van der Waals surface area (Å²) in [6.45, 7) is 1.77. The van der Waals surface area contributed by atoms with E-state index in [2.05, 4.69) is 26.3 Å². The van der Waals surface area contributed by atoms with Gasteiger partial charge in [-0.1, -0.05) is 0 Å². The fourth-order valence-electron chi connectivity index (χ4n) is 1.65. The molecule has 0 radical (unpaired) electrons. The smallest absolute Gasteiger partial charge is 0.278 e. The number of amides is 1. The molecule has 0 bridgehead atoms. The molecule has 19 heavy (non-hydrogen) atoms. The Morgan fingerprint density at radius 1 is 1.53 bits per heavy atom. The van der Waals surface area contributed by atoms with Gasteiger partial charge in [0.1, 0.15) is 5.82 Å². The van der Waals surface area contributed by atoms with E-state index in [1.165, 1.54) is 16.9 Å². The molecular weight excluding hydrogens is 315 g/mol. The number of aryl methyl sites for hydroxylation is 2. The number of anilines is 2. The Bertz CT molecular complexity index is 653. The van der Waals surface area contributed by atoms with Crippen LogP contribution in [0.15, 0.2) is 22.8 Å². The van der Waals surface area contributed by atoms with E-state index in [0.717, 1.165) is 5.56 Å². The number of carbonyl (C=O) groups is 1. The van der Waals surface area contributed by atoms with Crippen molar-refractivity contribution >= 4 is 33.2 Å². The van der Waals surface area contributed by atoms with E-state index in [0.29, 0.717) is 10.2 Å².